The summed E-state index contributed by atoms with van der Waals surface area (Å²) in [4.78, 5) is 4.97. The van der Waals surface area contributed by atoms with Gasteiger partial charge in [-0.25, -0.2) is 0 Å². The summed E-state index contributed by atoms with van der Waals surface area (Å²) in [6, 6.07) is 0. The van der Waals surface area contributed by atoms with Crippen molar-refractivity contribution in [1.29, 1.82) is 0 Å². The maximum atomic E-state index is 3.64. The highest BCUT2D eigenvalue weighted by Crippen LogP contribution is 2.37. The summed E-state index contributed by atoms with van der Waals surface area (Å²) in [5.74, 6) is 0. The van der Waals surface area contributed by atoms with Crippen molar-refractivity contribution in [2.45, 2.75) is 65.0 Å². The minimum absolute atomic E-state index is 0.203. The Morgan fingerprint density at radius 3 is 1.90 bits per heavy atom. The fraction of sp³-hybridized carbons (Fsp3) is 1.00. The van der Waals surface area contributed by atoms with Crippen LogP contribution in [0.2, 0.25) is 0 Å². The lowest BCUT2D eigenvalue weighted by Crippen LogP contribution is -2.58. The average Bonchev–Trinajstić information content (AvgIpc) is 2.18. The fourth-order valence-electron chi connectivity index (χ4n) is 3.18. The number of rotatable bonds is 7. The topological polar surface area (TPSA) is 18.5 Å². The van der Waals surface area contributed by atoms with E-state index in [0.29, 0.717) is 11.0 Å². The molecule has 3 nitrogen and oxygen atoms in total. The molecule has 0 aliphatic heterocycles. The third-order valence-corrected chi connectivity index (χ3v) is 4.59. The Morgan fingerprint density at radius 1 is 1.00 bits per heavy atom. The Balaban J connectivity index is 2.46. The molecule has 20 heavy (non-hydrogen) atoms. The summed E-state index contributed by atoms with van der Waals surface area (Å²) in [5.41, 5.74) is 0.941. The van der Waals surface area contributed by atoms with Gasteiger partial charge in [0.25, 0.3) is 0 Å². The zero-order valence-corrected chi connectivity index (χ0v) is 15.1. The molecule has 0 aromatic rings. The maximum absolute atomic E-state index is 3.64. The first-order chi connectivity index (χ1) is 8.96. The van der Waals surface area contributed by atoms with Crippen molar-refractivity contribution in [1.82, 2.24) is 15.1 Å². The van der Waals surface area contributed by atoms with Gasteiger partial charge in [-0.15, -0.1) is 0 Å². The number of nitrogens with one attached hydrogen (secondary N) is 1. The molecular weight excluding hydrogens is 246 g/mol. The van der Waals surface area contributed by atoms with Gasteiger partial charge in [0, 0.05) is 30.7 Å². The van der Waals surface area contributed by atoms with Crippen molar-refractivity contribution < 1.29 is 0 Å². The van der Waals surface area contributed by atoms with Gasteiger partial charge in [-0.05, 0) is 66.6 Å². The van der Waals surface area contributed by atoms with E-state index < -0.39 is 0 Å². The molecule has 0 aromatic carbocycles. The highest BCUT2D eigenvalue weighted by molar-refractivity contribution is 4.98. The molecular formula is C17H37N3. The van der Waals surface area contributed by atoms with Crippen molar-refractivity contribution in [3.05, 3.63) is 0 Å². The minimum Gasteiger partial charge on any atom is -0.311 e. The van der Waals surface area contributed by atoms with Crippen LogP contribution in [0.15, 0.2) is 0 Å². The van der Waals surface area contributed by atoms with E-state index in [2.05, 4.69) is 70.9 Å². The third-order valence-electron chi connectivity index (χ3n) is 4.59. The lowest BCUT2D eigenvalue weighted by atomic mass is 9.75. The zero-order valence-electron chi connectivity index (χ0n) is 15.1. The van der Waals surface area contributed by atoms with Crippen molar-refractivity contribution >= 4 is 0 Å². The first-order valence-electron chi connectivity index (χ1n) is 8.07. The second-order valence-corrected chi connectivity index (χ2v) is 8.91. The summed E-state index contributed by atoms with van der Waals surface area (Å²) in [6.07, 6.45) is 4.09. The quantitative estimate of drug-likeness (QED) is 0.775. The summed E-state index contributed by atoms with van der Waals surface area (Å²) < 4.78 is 0. The number of nitrogens with zero attached hydrogens (tertiary/aromatic N) is 2. The number of hydrogen-bond acceptors (Lipinski definition) is 3. The molecule has 3 heteroatoms. The molecule has 1 aliphatic rings. The van der Waals surface area contributed by atoms with Gasteiger partial charge in [0.2, 0.25) is 0 Å². The summed E-state index contributed by atoms with van der Waals surface area (Å²) in [6.45, 7) is 14.9. The van der Waals surface area contributed by atoms with Crippen LogP contribution in [0, 0.1) is 5.41 Å². The molecule has 0 heterocycles. The van der Waals surface area contributed by atoms with Gasteiger partial charge < -0.3 is 15.1 Å². The predicted molar refractivity (Wildman–Crippen MR) is 89.3 cm³/mol. The van der Waals surface area contributed by atoms with Gasteiger partial charge in [-0.2, -0.15) is 0 Å². The molecule has 1 rings (SSSR count). The molecule has 0 atom stereocenters. The van der Waals surface area contributed by atoms with E-state index in [0.717, 1.165) is 13.1 Å². The van der Waals surface area contributed by atoms with E-state index >= 15 is 0 Å². The third kappa shape index (κ3) is 5.34. The molecule has 0 saturated heterocycles. The van der Waals surface area contributed by atoms with E-state index in [4.69, 9.17) is 0 Å². The Morgan fingerprint density at radius 2 is 1.55 bits per heavy atom. The van der Waals surface area contributed by atoms with Crippen LogP contribution in [-0.4, -0.2) is 61.7 Å². The first-order valence-corrected chi connectivity index (χ1v) is 8.07. The van der Waals surface area contributed by atoms with Crippen LogP contribution >= 0.6 is 0 Å². The highest BCUT2D eigenvalue weighted by Gasteiger charge is 2.40. The number of hydrogen-bond donors (Lipinski definition) is 1. The predicted octanol–water partition coefficient (Wildman–Crippen LogP) is 2.82. The summed E-state index contributed by atoms with van der Waals surface area (Å²) in [7, 11) is 6.75. The smallest absolute Gasteiger partial charge is 0.0330 e. The zero-order chi connectivity index (χ0) is 15.6. The van der Waals surface area contributed by atoms with Crippen LogP contribution in [0.1, 0.15) is 53.9 Å². The lowest BCUT2D eigenvalue weighted by Gasteiger charge is -2.50. The highest BCUT2D eigenvalue weighted by atomic mass is 15.2. The van der Waals surface area contributed by atoms with Crippen LogP contribution < -0.4 is 5.32 Å². The van der Waals surface area contributed by atoms with Crippen LogP contribution in [0.3, 0.4) is 0 Å². The second kappa shape index (κ2) is 6.33. The molecule has 0 unspecified atom stereocenters. The lowest BCUT2D eigenvalue weighted by molar-refractivity contribution is 0.0184. The molecule has 0 radical (unpaired) electrons. The molecule has 0 amide bonds. The monoisotopic (exact) mass is 283 g/mol. The molecule has 0 bridgehead atoms. The normalized spacial score (nSPS) is 19.5. The minimum atomic E-state index is 0.203. The van der Waals surface area contributed by atoms with E-state index in [1.165, 1.54) is 25.8 Å². The maximum Gasteiger partial charge on any atom is 0.0330 e. The summed E-state index contributed by atoms with van der Waals surface area (Å²) >= 11 is 0. The fourth-order valence-corrected chi connectivity index (χ4v) is 3.18. The van der Waals surface area contributed by atoms with Crippen molar-refractivity contribution in [2.75, 3.05) is 40.8 Å². The van der Waals surface area contributed by atoms with Gasteiger partial charge in [0.1, 0.15) is 0 Å². The Hall–Kier alpha value is -0.120. The average molecular weight is 284 g/mol. The van der Waals surface area contributed by atoms with Crippen LogP contribution in [-0.2, 0) is 0 Å². The van der Waals surface area contributed by atoms with Crippen molar-refractivity contribution in [3.63, 3.8) is 0 Å². The van der Waals surface area contributed by atoms with E-state index in [-0.39, 0.29) is 5.54 Å². The standard InChI is InChI=1S/C17H37N3/c1-15(2,3)18-12-16(4,5)13-20(8)14-17(19(6)7)10-9-11-17/h18H,9-14H2,1-8H3. The first kappa shape index (κ1) is 17.9. The van der Waals surface area contributed by atoms with Gasteiger partial charge in [-0.1, -0.05) is 13.8 Å². The van der Waals surface area contributed by atoms with Gasteiger partial charge in [0.05, 0.1) is 0 Å². The molecule has 1 fully saturated rings. The van der Waals surface area contributed by atoms with E-state index in [9.17, 15) is 0 Å². The Kier molecular flexibility index (Phi) is 5.67. The second-order valence-electron chi connectivity index (χ2n) is 8.91. The van der Waals surface area contributed by atoms with Gasteiger partial charge in [0.15, 0.2) is 0 Å². The molecule has 0 aromatic heterocycles. The molecule has 120 valence electrons. The molecule has 1 aliphatic carbocycles. The van der Waals surface area contributed by atoms with Crippen molar-refractivity contribution in [2.24, 2.45) is 5.41 Å². The van der Waals surface area contributed by atoms with Gasteiger partial charge in [-0.3, -0.25) is 0 Å². The van der Waals surface area contributed by atoms with Crippen LogP contribution in [0.25, 0.3) is 0 Å². The molecule has 0 spiro atoms. The molecule has 1 N–H and O–H groups in total. The van der Waals surface area contributed by atoms with Crippen LogP contribution in [0.4, 0.5) is 0 Å². The SMILES string of the molecule is CN(CC(C)(C)CNC(C)(C)C)CC1(N(C)C)CCC1. The summed E-state index contributed by atoms with van der Waals surface area (Å²) in [5, 5.41) is 3.64. The van der Waals surface area contributed by atoms with Crippen LogP contribution in [0.5, 0.6) is 0 Å². The van der Waals surface area contributed by atoms with Gasteiger partial charge >= 0.3 is 0 Å². The van der Waals surface area contributed by atoms with E-state index in [1.54, 1.807) is 0 Å². The Labute approximate surface area is 127 Å². The largest absolute Gasteiger partial charge is 0.311 e. The van der Waals surface area contributed by atoms with E-state index in [1.807, 2.05) is 0 Å². The Bertz CT molecular complexity index is 298. The number of likely N-dealkylation sites (N-methyl/N-ethyl adjacent to an activating group) is 2. The molecule has 1 saturated carbocycles. The van der Waals surface area contributed by atoms with Crippen molar-refractivity contribution in [3.8, 4) is 0 Å².